The van der Waals surface area contributed by atoms with Crippen molar-refractivity contribution in [1.82, 2.24) is 0 Å². The lowest BCUT2D eigenvalue weighted by molar-refractivity contribution is 0.103. The van der Waals surface area contributed by atoms with Crippen LogP contribution in [0.15, 0.2) is 84.9 Å². The Morgan fingerprint density at radius 3 is 1.33 bits per heavy atom. The van der Waals surface area contributed by atoms with E-state index in [4.69, 9.17) is 32.7 Å². The molecule has 0 amide bonds. The molecule has 0 fully saturated rings. The highest BCUT2D eigenvalue weighted by atomic mass is 35.5. The Balaban J connectivity index is 0.000000290. The van der Waals surface area contributed by atoms with Gasteiger partial charge in [0.2, 0.25) is 0 Å². The van der Waals surface area contributed by atoms with Crippen LogP contribution >= 0.6 is 23.2 Å². The number of rotatable bonds is 24. The summed E-state index contributed by atoms with van der Waals surface area (Å²) in [4.78, 5) is 25.1. The summed E-state index contributed by atoms with van der Waals surface area (Å²) >= 11 is 12.3. The van der Waals surface area contributed by atoms with Crippen molar-refractivity contribution >= 4 is 34.8 Å². The minimum Gasteiger partial charge on any atom is -0.494 e. The summed E-state index contributed by atoms with van der Waals surface area (Å²) in [5.41, 5.74) is 4.43. The van der Waals surface area contributed by atoms with Gasteiger partial charge in [-0.2, -0.15) is 0 Å². The standard InChI is InChI=1S/2C24H31ClO2/c1-3-4-5-6-7-8-9-10-17-27-21-14-12-20(13-15-21)24(26)22-16-11-19(2)18-23(22)25;1-3-4-5-6-7-8-9-10-17-27-22-15-13-20(14-16-22)24(26)21-12-11-19(2)23(25)18-21/h2*11-16,18H,3-10,17H2,1-2H3. The molecule has 0 aromatic heterocycles. The zero-order valence-corrected chi connectivity index (χ0v) is 34.7. The summed E-state index contributed by atoms with van der Waals surface area (Å²) in [5.74, 6) is 1.54. The van der Waals surface area contributed by atoms with Crippen molar-refractivity contribution < 1.29 is 19.1 Å². The molecule has 0 spiro atoms. The van der Waals surface area contributed by atoms with E-state index in [0.717, 1.165) is 48.7 Å². The average molecular weight is 774 g/mol. The van der Waals surface area contributed by atoms with Gasteiger partial charge >= 0.3 is 0 Å². The number of carbonyl (C=O) groups excluding carboxylic acids is 2. The highest BCUT2D eigenvalue weighted by Crippen LogP contribution is 2.23. The zero-order valence-electron chi connectivity index (χ0n) is 33.2. The summed E-state index contributed by atoms with van der Waals surface area (Å²) in [7, 11) is 0. The van der Waals surface area contributed by atoms with Gasteiger partial charge in [0, 0.05) is 27.3 Å². The zero-order chi connectivity index (χ0) is 39.0. The van der Waals surface area contributed by atoms with Gasteiger partial charge in [0.1, 0.15) is 11.5 Å². The van der Waals surface area contributed by atoms with Crippen LogP contribution in [-0.2, 0) is 0 Å². The Morgan fingerprint density at radius 1 is 0.463 bits per heavy atom. The minimum absolute atomic E-state index is 0.0217. The first-order chi connectivity index (χ1) is 26.2. The van der Waals surface area contributed by atoms with Crippen molar-refractivity contribution in [2.45, 2.75) is 130 Å². The van der Waals surface area contributed by atoms with Crippen LogP contribution in [0.2, 0.25) is 10.0 Å². The summed E-state index contributed by atoms with van der Waals surface area (Å²) in [6, 6.07) is 25.6. The fourth-order valence-electron chi connectivity index (χ4n) is 6.12. The predicted octanol–water partition coefficient (Wildman–Crippen LogP) is 14.8. The number of ketones is 2. The Kier molecular flexibility index (Phi) is 21.8. The molecule has 0 heterocycles. The van der Waals surface area contributed by atoms with Crippen molar-refractivity contribution in [3.63, 3.8) is 0 Å². The number of carbonyl (C=O) groups is 2. The van der Waals surface area contributed by atoms with Crippen LogP contribution in [0.1, 0.15) is 160 Å². The highest BCUT2D eigenvalue weighted by Gasteiger charge is 2.13. The van der Waals surface area contributed by atoms with Gasteiger partial charge in [-0.15, -0.1) is 0 Å². The Hall–Kier alpha value is -3.60. The third-order valence-electron chi connectivity index (χ3n) is 9.57. The summed E-state index contributed by atoms with van der Waals surface area (Å²) in [5, 5.41) is 1.11. The molecule has 0 atom stereocenters. The molecule has 0 aliphatic rings. The summed E-state index contributed by atoms with van der Waals surface area (Å²) in [6.07, 6.45) is 20.6. The summed E-state index contributed by atoms with van der Waals surface area (Å²) < 4.78 is 11.6. The molecule has 0 aliphatic carbocycles. The first kappa shape index (κ1) is 44.8. The number of benzene rings is 4. The molecule has 4 rings (SSSR count). The SMILES string of the molecule is CCCCCCCCCCOc1ccc(C(=O)c2ccc(C)c(Cl)c2)cc1.CCCCCCCCCCOc1ccc(C(=O)c2ccc(C)cc2Cl)cc1. The fourth-order valence-corrected chi connectivity index (χ4v) is 6.62. The van der Waals surface area contributed by atoms with Crippen molar-refractivity contribution in [1.29, 1.82) is 0 Å². The normalized spacial score (nSPS) is 10.8. The van der Waals surface area contributed by atoms with E-state index < -0.39 is 0 Å². The van der Waals surface area contributed by atoms with Crippen molar-refractivity contribution in [2.75, 3.05) is 13.2 Å². The van der Waals surface area contributed by atoms with Crippen molar-refractivity contribution in [3.8, 4) is 11.5 Å². The van der Waals surface area contributed by atoms with Crippen LogP contribution < -0.4 is 9.47 Å². The van der Waals surface area contributed by atoms with Crippen molar-refractivity contribution in [3.05, 3.63) is 128 Å². The second-order valence-electron chi connectivity index (χ2n) is 14.3. The smallest absolute Gasteiger partial charge is 0.194 e. The van der Waals surface area contributed by atoms with Gasteiger partial charge in [-0.1, -0.05) is 145 Å². The number of halogens is 2. The van der Waals surface area contributed by atoms with Gasteiger partial charge in [-0.25, -0.2) is 0 Å². The molecule has 54 heavy (non-hydrogen) atoms. The lowest BCUT2D eigenvalue weighted by Crippen LogP contribution is -2.03. The van der Waals surface area contributed by atoms with E-state index in [9.17, 15) is 9.59 Å². The van der Waals surface area contributed by atoms with Crippen LogP contribution in [0.3, 0.4) is 0 Å². The Bertz CT molecular complexity index is 1660. The first-order valence-electron chi connectivity index (χ1n) is 20.3. The largest absolute Gasteiger partial charge is 0.494 e. The molecule has 0 radical (unpaired) electrons. The molecule has 6 heteroatoms. The average Bonchev–Trinajstić information content (AvgIpc) is 3.18. The van der Waals surface area contributed by atoms with E-state index in [-0.39, 0.29) is 11.6 Å². The molecule has 292 valence electrons. The van der Waals surface area contributed by atoms with E-state index in [1.54, 1.807) is 12.1 Å². The highest BCUT2D eigenvalue weighted by molar-refractivity contribution is 6.35. The molecule has 0 saturated carbocycles. The lowest BCUT2D eigenvalue weighted by Gasteiger charge is -2.08. The molecular weight excluding hydrogens is 711 g/mol. The fraction of sp³-hybridized carbons (Fsp3) is 0.458. The van der Waals surface area contributed by atoms with Gasteiger partial charge in [0.15, 0.2) is 11.6 Å². The molecule has 4 nitrogen and oxygen atoms in total. The van der Waals surface area contributed by atoms with Gasteiger partial charge < -0.3 is 9.47 Å². The molecule has 0 unspecified atom stereocenters. The van der Waals surface area contributed by atoms with Gasteiger partial charge in [-0.3, -0.25) is 9.59 Å². The number of unbranched alkanes of at least 4 members (excludes halogenated alkanes) is 14. The molecule has 4 aromatic rings. The molecule has 0 aliphatic heterocycles. The lowest BCUT2D eigenvalue weighted by atomic mass is 10.0. The number of hydrogen-bond acceptors (Lipinski definition) is 4. The molecule has 4 aromatic carbocycles. The van der Waals surface area contributed by atoms with E-state index in [2.05, 4.69) is 13.8 Å². The molecule has 0 N–H and O–H groups in total. The third kappa shape index (κ3) is 16.8. The predicted molar refractivity (Wildman–Crippen MR) is 228 cm³/mol. The van der Waals surface area contributed by atoms with Gasteiger partial charge in [-0.05, 0) is 105 Å². The van der Waals surface area contributed by atoms with E-state index in [1.165, 1.54) is 89.9 Å². The summed E-state index contributed by atoms with van der Waals surface area (Å²) in [6.45, 7) is 9.84. The van der Waals surface area contributed by atoms with E-state index >= 15 is 0 Å². The Morgan fingerprint density at radius 2 is 0.889 bits per heavy atom. The molecular formula is C48H62Cl2O4. The van der Waals surface area contributed by atoms with Gasteiger partial charge in [0.05, 0.1) is 18.2 Å². The van der Waals surface area contributed by atoms with Crippen LogP contribution in [-0.4, -0.2) is 24.8 Å². The second kappa shape index (κ2) is 26.2. The topological polar surface area (TPSA) is 52.6 Å². The maximum Gasteiger partial charge on any atom is 0.194 e. The second-order valence-corrected chi connectivity index (χ2v) is 15.1. The number of hydrogen-bond donors (Lipinski definition) is 0. The molecule has 0 bridgehead atoms. The maximum absolute atomic E-state index is 12.6. The number of aryl methyl sites for hydroxylation is 2. The van der Waals surface area contributed by atoms with Gasteiger partial charge in [0.25, 0.3) is 0 Å². The van der Waals surface area contributed by atoms with E-state index in [0.29, 0.717) is 32.3 Å². The van der Waals surface area contributed by atoms with Crippen LogP contribution in [0.4, 0.5) is 0 Å². The third-order valence-corrected chi connectivity index (χ3v) is 10.3. The van der Waals surface area contributed by atoms with Crippen LogP contribution in [0, 0.1) is 13.8 Å². The van der Waals surface area contributed by atoms with E-state index in [1.807, 2.05) is 86.6 Å². The van der Waals surface area contributed by atoms with Crippen LogP contribution in [0.25, 0.3) is 0 Å². The minimum atomic E-state index is -0.0605. The quantitative estimate of drug-likeness (QED) is 0.0526. The maximum atomic E-state index is 12.6. The first-order valence-corrected chi connectivity index (χ1v) is 21.1. The van der Waals surface area contributed by atoms with Crippen molar-refractivity contribution in [2.24, 2.45) is 0 Å². The molecule has 0 saturated heterocycles. The number of ether oxygens (including phenoxy) is 2. The van der Waals surface area contributed by atoms with Crippen LogP contribution in [0.5, 0.6) is 11.5 Å². The Labute approximate surface area is 336 Å². The monoisotopic (exact) mass is 772 g/mol.